The molecule has 10 heteroatoms. The summed E-state index contributed by atoms with van der Waals surface area (Å²) in [6.07, 6.45) is 0.439. The second-order valence-electron chi connectivity index (χ2n) is 6.70. The molecule has 4 rings (SSSR count). The molecule has 1 aromatic heterocycles. The summed E-state index contributed by atoms with van der Waals surface area (Å²) in [6, 6.07) is 13.6. The molecule has 1 aliphatic heterocycles. The highest BCUT2D eigenvalue weighted by Crippen LogP contribution is 2.38. The number of ketones is 1. The number of non-ortho nitro benzene ring substituents is 1. The van der Waals surface area contributed by atoms with E-state index in [1.165, 1.54) is 54.7 Å². The number of aliphatic hydroxyl groups is 1. The molecule has 3 aromatic rings. The Bertz CT molecular complexity index is 1260. The van der Waals surface area contributed by atoms with Crippen molar-refractivity contribution in [2.75, 3.05) is 0 Å². The molecule has 0 amide bonds. The molecule has 8 nitrogen and oxygen atoms in total. The number of ether oxygens (including phenoxy) is 1. The Hall–Kier alpha value is -3.92. The number of nitro benzene ring substituents is 1. The molecule has 0 aliphatic carbocycles. The largest absolute Gasteiger partial charge is 0.507 e. The Morgan fingerprint density at radius 1 is 1.12 bits per heavy atom. The molecule has 2 aromatic carbocycles. The SMILES string of the molecule is O=C1C(=Nc2ccc(Br)cn2)OC(c2ccc(F)cc2)/C1=C(/O)c1ccc([N+](=O)[O-])cc1. The van der Waals surface area contributed by atoms with E-state index in [2.05, 4.69) is 25.9 Å². The van der Waals surface area contributed by atoms with Gasteiger partial charge in [0.15, 0.2) is 11.9 Å². The lowest BCUT2D eigenvalue weighted by molar-refractivity contribution is -0.384. The third kappa shape index (κ3) is 4.26. The first kappa shape index (κ1) is 21.3. The summed E-state index contributed by atoms with van der Waals surface area (Å²) < 4.78 is 19.9. The zero-order valence-corrected chi connectivity index (χ0v) is 17.7. The van der Waals surface area contributed by atoms with Gasteiger partial charge in [-0.3, -0.25) is 14.9 Å². The lowest BCUT2D eigenvalue weighted by Gasteiger charge is -2.13. The topological polar surface area (TPSA) is 115 Å². The average Bonchev–Trinajstić information content (AvgIpc) is 3.11. The normalized spacial score (nSPS) is 18.5. The first-order valence-electron chi connectivity index (χ1n) is 9.18. The minimum absolute atomic E-state index is 0.124. The predicted molar refractivity (Wildman–Crippen MR) is 117 cm³/mol. The summed E-state index contributed by atoms with van der Waals surface area (Å²) >= 11 is 3.26. The molecule has 0 saturated carbocycles. The Morgan fingerprint density at radius 2 is 1.81 bits per heavy atom. The molecule has 0 radical (unpaired) electrons. The smallest absolute Gasteiger partial charge is 0.269 e. The number of nitro groups is 1. The van der Waals surface area contributed by atoms with Gasteiger partial charge in [0.1, 0.15) is 11.6 Å². The van der Waals surface area contributed by atoms with E-state index in [0.717, 1.165) is 4.47 Å². The molecule has 0 spiro atoms. The van der Waals surface area contributed by atoms with Crippen LogP contribution in [0.25, 0.3) is 5.76 Å². The van der Waals surface area contributed by atoms with Gasteiger partial charge in [0.2, 0.25) is 0 Å². The molecule has 1 N–H and O–H groups in total. The Labute approximate surface area is 189 Å². The summed E-state index contributed by atoms with van der Waals surface area (Å²) in [5.41, 5.74) is 0.301. The molecule has 1 fully saturated rings. The number of halogens is 2. The van der Waals surface area contributed by atoms with Crippen LogP contribution < -0.4 is 0 Å². The second kappa shape index (κ2) is 8.67. The van der Waals surface area contributed by atoms with E-state index in [-0.39, 0.29) is 28.5 Å². The Morgan fingerprint density at radius 3 is 2.41 bits per heavy atom. The van der Waals surface area contributed by atoms with E-state index in [1.54, 1.807) is 12.1 Å². The first-order valence-corrected chi connectivity index (χ1v) is 9.98. The molecule has 160 valence electrons. The van der Waals surface area contributed by atoms with Crippen LogP contribution in [-0.4, -0.2) is 26.7 Å². The van der Waals surface area contributed by atoms with Crippen molar-refractivity contribution < 1.29 is 24.0 Å². The van der Waals surface area contributed by atoms with Crippen LogP contribution in [0.4, 0.5) is 15.9 Å². The number of aliphatic hydroxyl groups excluding tert-OH is 1. The van der Waals surface area contributed by atoms with Crippen molar-refractivity contribution in [2.24, 2.45) is 4.99 Å². The number of hydrogen-bond donors (Lipinski definition) is 1. The molecular weight excluding hydrogens is 485 g/mol. The molecule has 1 unspecified atom stereocenters. The van der Waals surface area contributed by atoms with E-state index >= 15 is 0 Å². The Balaban J connectivity index is 1.81. The lowest BCUT2D eigenvalue weighted by Crippen LogP contribution is -2.09. The van der Waals surface area contributed by atoms with Crippen LogP contribution in [0.3, 0.4) is 0 Å². The number of aromatic nitrogens is 1. The van der Waals surface area contributed by atoms with Gasteiger partial charge < -0.3 is 9.84 Å². The molecule has 0 bridgehead atoms. The number of benzene rings is 2. The summed E-state index contributed by atoms with van der Waals surface area (Å²) in [4.78, 5) is 31.7. The number of rotatable bonds is 4. The van der Waals surface area contributed by atoms with E-state index < -0.39 is 28.4 Å². The van der Waals surface area contributed by atoms with Crippen molar-refractivity contribution >= 4 is 44.9 Å². The number of Topliss-reactive ketones (excluding diaryl/α,β-unsaturated/α-hetero) is 1. The Kier molecular flexibility index (Phi) is 5.78. The highest BCUT2D eigenvalue weighted by Gasteiger charge is 2.41. The van der Waals surface area contributed by atoms with Crippen molar-refractivity contribution in [1.29, 1.82) is 0 Å². The number of hydrogen-bond acceptors (Lipinski definition) is 7. The van der Waals surface area contributed by atoms with Gasteiger partial charge in [-0.2, -0.15) is 4.99 Å². The van der Waals surface area contributed by atoms with Crippen LogP contribution in [-0.2, 0) is 9.53 Å². The van der Waals surface area contributed by atoms with Crippen molar-refractivity contribution in [1.82, 2.24) is 4.98 Å². The van der Waals surface area contributed by atoms with Crippen LogP contribution in [0.2, 0.25) is 0 Å². The number of nitrogens with zero attached hydrogens (tertiary/aromatic N) is 3. The van der Waals surface area contributed by atoms with Crippen LogP contribution >= 0.6 is 15.9 Å². The fraction of sp³-hybridized carbons (Fsp3) is 0.0455. The van der Waals surface area contributed by atoms with Gasteiger partial charge in [-0.25, -0.2) is 9.37 Å². The van der Waals surface area contributed by atoms with Gasteiger partial charge in [-0.15, -0.1) is 0 Å². The second-order valence-corrected chi connectivity index (χ2v) is 7.61. The maximum atomic E-state index is 13.4. The standard InChI is InChI=1S/C22H13BrFN3O5/c23-14-5-10-17(25-11-14)26-22-20(29)18(21(32-22)13-1-6-15(24)7-2-13)19(28)12-3-8-16(9-4-12)27(30)31/h1-11,21,28H/b19-18+,26-22?. The molecule has 32 heavy (non-hydrogen) atoms. The maximum absolute atomic E-state index is 13.4. The van der Waals surface area contributed by atoms with Crippen LogP contribution in [0, 0.1) is 15.9 Å². The van der Waals surface area contributed by atoms with Gasteiger partial charge in [0.05, 0.1) is 10.5 Å². The van der Waals surface area contributed by atoms with Crippen LogP contribution in [0.15, 0.2) is 81.9 Å². The highest BCUT2D eigenvalue weighted by atomic mass is 79.9. The molecule has 2 heterocycles. The van der Waals surface area contributed by atoms with E-state index in [0.29, 0.717) is 5.56 Å². The number of carbonyl (C=O) groups is 1. The van der Waals surface area contributed by atoms with Crippen LogP contribution in [0.5, 0.6) is 0 Å². The maximum Gasteiger partial charge on any atom is 0.269 e. The van der Waals surface area contributed by atoms with Gasteiger partial charge in [0.25, 0.3) is 17.4 Å². The van der Waals surface area contributed by atoms with E-state index in [4.69, 9.17) is 4.74 Å². The zero-order chi connectivity index (χ0) is 22.8. The van der Waals surface area contributed by atoms with E-state index in [9.17, 15) is 24.4 Å². The number of carbonyl (C=O) groups excluding carboxylic acids is 1. The quantitative estimate of drug-likeness (QED) is 0.228. The highest BCUT2D eigenvalue weighted by molar-refractivity contribution is 9.10. The van der Waals surface area contributed by atoms with Crippen molar-refractivity contribution in [3.63, 3.8) is 0 Å². The molecule has 1 atom stereocenters. The molecular formula is C22H13BrFN3O5. The summed E-state index contributed by atoms with van der Waals surface area (Å²) in [5, 5.41) is 21.8. The molecule has 1 saturated heterocycles. The first-order chi connectivity index (χ1) is 15.3. The predicted octanol–water partition coefficient (Wildman–Crippen LogP) is 5.23. The zero-order valence-electron chi connectivity index (χ0n) is 16.1. The van der Waals surface area contributed by atoms with Gasteiger partial charge in [-0.05, 0) is 57.9 Å². The monoisotopic (exact) mass is 497 g/mol. The summed E-state index contributed by atoms with van der Waals surface area (Å²) in [6.45, 7) is 0. The minimum Gasteiger partial charge on any atom is -0.507 e. The third-order valence-corrected chi connectivity index (χ3v) is 5.11. The van der Waals surface area contributed by atoms with Gasteiger partial charge in [-0.1, -0.05) is 12.1 Å². The van der Waals surface area contributed by atoms with Gasteiger partial charge >= 0.3 is 0 Å². The van der Waals surface area contributed by atoms with Crippen molar-refractivity contribution in [2.45, 2.75) is 6.10 Å². The fourth-order valence-corrected chi connectivity index (χ4v) is 3.31. The van der Waals surface area contributed by atoms with Gasteiger partial charge in [0, 0.05) is 28.4 Å². The summed E-state index contributed by atoms with van der Waals surface area (Å²) in [5.74, 6) is -1.66. The van der Waals surface area contributed by atoms with Crippen LogP contribution in [0.1, 0.15) is 17.2 Å². The van der Waals surface area contributed by atoms with E-state index in [1.807, 2.05) is 0 Å². The lowest BCUT2D eigenvalue weighted by atomic mass is 9.96. The number of aliphatic imine (C=N–C) groups is 1. The fourth-order valence-electron chi connectivity index (χ4n) is 3.07. The number of pyridine rings is 1. The minimum atomic E-state index is -1.06. The third-order valence-electron chi connectivity index (χ3n) is 4.64. The van der Waals surface area contributed by atoms with Crippen molar-refractivity contribution in [3.05, 3.63) is 104 Å². The summed E-state index contributed by atoms with van der Waals surface area (Å²) in [7, 11) is 0. The van der Waals surface area contributed by atoms with Crippen molar-refractivity contribution in [3.8, 4) is 0 Å². The average molecular weight is 498 g/mol. The molecule has 1 aliphatic rings.